The molecule has 1 aromatic carbocycles. The summed E-state index contributed by atoms with van der Waals surface area (Å²) in [5.41, 5.74) is 1.95. The highest BCUT2D eigenvalue weighted by molar-refractivity contribution is 5.73. The van der Waals surface area contributed by atoms with E-state index in [9.17, 15) is 9.50 Å². The molecule has 10 heteroatoms. The Morgan fingerprint density at radius 2 is 1.91 bits per heavy atom. The molecule has 0 saturated carbocycles. The maximum atomic E-state index is 14.9. The number of ether oxygens (including phenoxy) is 2. The van der Waals surface area contributed by atoms with E-state index in [1.165, 1.54) is 7.11 Å². The fourth-order valence-electron chi connectivity index (χ4n) is 4.86. The largest absolute Gasteiger partial charge is 0.507 e. The van der Waals surface area contributed by atoms with Gasteiger partial charge >= 0.3 is 0 Å². The van der Waals surface area contributed by atoms with Crippen LogP contribution < -0.4 is 19.7 Å². The number of benzene rings is 1. The summed E-state index contributed by atoms with van der Waals surface area (Å²) in [6.45, 7) is 0. The maximum Gasteiger partial charge on any atom is 0.256 e. The van der Waals surface area contributed by atoms with Crippen LogP contribution >= 0.6 is 0 Å². The first-order valence-corrected chi connectivity index (χ1v) is 11.2. The number of hydrogen-bond acceptors (Lipinski definition) is 9. The van der Waals surface area contributed by atoms with Gasteiger partial charge in [0.05, 0.1) is 32.0 Å². The predicted octanol–water partition coefficient (Wildman–Crippen LogP) is 2.99. The average molecular weight is 467 g/mol. The minimum Gasteiger partial charge on any atom is -0.507 e. The number of rotatable bonds is 6. The lowest BCUT2D eigenvalue weighted by Crippen LogP contribution is -2.55. The van der Waals surface area contributed by atoms with Gasteiger partial charge in [0.15, 0.2) is 17.4 Å². The fraction of sp³-hybridized carbons (Fsp3) is 0.417. The molecular weight excluding hydrogens is 439 g/mol. The Morgan fingerprint density at radius 1 is 1.06 bits per heavy atom. The number of phenolic OH excluding ortho intramolecular Hbond substituents is 1. The number of phenols is 1. The quantitative estimate of drug-likeness (QED) is 0.567. The first kappa shape index (κ1) is 22.3. The van der Waals surface area contributed by atoms with Gasteiger partial charge in [-0.2, -0.15) is 0 Å². The second-order valence-electron chi connectivity index (χ2n) is 8.71. The number of anilines is 1. The molecule has 0 amide bonds. The molecule has 2 aromatic heterocycles. The maximum absolute atomic E-state index is 14.9. The molecule has 2 fully saturated rings. The first-order valence-electron chi connectivity index (χ1n) is 11.2. The number of nitrogens with zero attached hydrogens (tertiary/aromatic N) is 5. The molecule has 5 rings (SSSR count). The molecular formula is C24H27FN6O3. The standard InChI is InChI=1S/C24H27FN6O3/c1-31(18-10-15-5-7-17(28-15)22(18)25)21-12-26-23(30-29-21)16-6-4-13(8-19(16)32)14-9-20(33-2)24(34-3)27-11-14/h4,6,8-9,11-12,15,17-18,22,28,32H,5,7,10H2,1-3H3/t15-,17-,18+,22-/m0/s1. The number of alkyl halides is 1. The van der Waals surface area contributed by atoms with Crippen LogP contribution in [0.5, 0.6) is 17.4 Å². The van der Waals surface area contributed by atoms with Crippen molar-refractivity contribution in [2.24, 2.45) is 0 Å². The molecule has 4 heterocycles. The van der Waals surface area contributed by atoms with Crippen LogP contribution in [-0.4, -0.2) is 70.8 Å². The van der Waals surface area contributed by atoms with Crippen LogP contribution in [0.4, 0.5) is 10.2 Å². The Hall–Kier alpha value is -3.53. The van der Waals surface area contributed by atoms with E-state index >= 15 is 0 Å². The smallest absolute Gasteiger partial charge is 0.256 e. The average Bonchev–Trinajstić information content (AvgIpc) is 3.28. The van der Waals surface area contributed by atoms with Gasteiger partial charge in [-0.15, -0.1) is 10.2 Å². The van der Waals surface area contributed by atoms with Crippen LogP contribution in [-0.2, 0) is 0 Å². The second kappa shape index (κ2) is 9.02. The summed E-state index contributed by atoms with van der Waals surface area (Å²) in [6, 6.07) is 6.95. The molecule has 2 N–H and O–H groups in total. The molecule has 0 spiro atoms. The van der Waals surface area contributed by atoms with Crippen molar-refractivity contribution in [3.05, 3.63) is 36.7 Å². The van der Waals surface area contributed by atoms with E-state index in [0.717, 1.165) is 30.4 Å². The normalized spacial score (nSPS) is 23.5. The van der Waals surface area contributed by atoms with E-state index in [4.69, 9.17) is 9.47 Å². The van der Waals surface area contributed by atoms with Crippen LogP contribution in [0.2, 0.25) is 0 Å². The van der Waals surface area contributed by atoms with Gasteiger partial charge in [0.1, 0.15) is 11.9 Å². The van der Waals surface area contributed by atoms with Gasteiger partial charge < -0.3 is 24.8 Å². The number of halogens is 1. The lowest BCUT2D eigenvalue weighted by molar-refractivity contribution is 0.176. The lowest BCUT2D eigenvalue weighted by Gasteiger charge is -2.38. The van der Waals surface area contributed by atoms with Gasteiger partial charge in [0, 0.05) is 30.9 Å². The van der Waals surface area contributed by atoms with Crippen LogP contribution in [0, 0.1) is 0 Å². The van der Waals surface area contributed by atoms with Crippen molar-refractivity contribution >= 4 is 5.82 Å². The monoisotopic (exact) mass is 466 g/mol. The van der Waals surface area contributed by atoms with E-state index in [1.54, 1.807) is 37.7 Å². The van der Waals surface area contributed by atoms with Crippen molar-refractivity contribution in [2.75, 3.05) is 26.2 Å². The summed E-state index contributed by atoms with van der Waals surface area (Å²) >= 11 is 0. The topological polar surface area (TPSA) is 106 Å². The minimum absolute atomic E-state index is 0.00828. The van der Waals surface area contributed by atoms with Gasteiger partial charge in [-0.25, -0.2) is 14.4 Å². The second-order valence-corrected chi connectivity index (χ2v) is 8.71. The van der Waals surface area contributed by atoms with E-state index in [2.05, 4.69) is 25.5 Å². The zero-order chi connectivity index (χ0) is 23.8. The summed E-state index contributed by atoms with van der Waals surface area (Å²) in [5, 5.41) is 22.5. The number of aromatic hydroxyl groups is 1. The van der Waals surface area contributed by atoms with Crippen molar-refractivity contribution < 1.29 is 19.0 Å². The lowest BCUT2D eigenvalue weighted by atomic mass is 9.96. The summed E-state index contributed by atoms with van der Waals surface area (Å²) in [7, 11) is 4.89. The number of methoxy groups -OCH3 is 2. The molecule has 3 aromatic rings. The predicted molar refractivity (Wildman–Crippen MR) is 125 cm³/mol. The van der Waals surface area contributed by atoms with E-state index in [-0.39, 0.29) is 23.7 Å². The molecule has 0 unspecified atom stereocenters. The van der Waals surface area contributed by atoms with Crippen LogP contribution in [0.1, 0.15) is 19.3 Å². The van der Waals surface area contributed by atoms with Gasteiger partial charge in [-0.1, -0.05) is 6.07 Å². The minimum atomic E-state index is -0.965. The van der Waals surface area contributed by atoms with Crippen molar-refractivity contribution in [1.82, 2.24) is 25.5 Å². The number of piperidine rings is 1. The van der Waals surface area contributed by atoms with Crippen molar-refractivity contribution in [1.29, 1.82) is 0 Å². The van der Waals surface area contributed by atoms with Crippen molar-refractivity contribution in [3.63, 3.8) is 0 Å². The molecule has 9 nitrogen and oxygen atoms in total. The summed E-state index contributed by atoms with van der Waals surface area (Å²) in [4.78, 5) is 10.5. The summed E-state index contributed by atoms with van der Waals surface area (Å²) in [6.07, 6.45) is 4.85. The zero-order valence-corrected chi connectivity index (χ0v) is 19.3. The Labute approximate surface area is 197 Å². The number of aromatic nitrogens is 4. The number of hydrogen-bond donors (Lipinski definition) is 2. The highest BCUT2D eigenvalue weighted by Crippen LogP contribution is 2.36. The van der Waals surface area contributed by atoms with Gasteiger partial charge in [0.25, 0.3) is 5.88 Å². The number of pyridine rings is 1. The highest BCUT2D eigenvalue weighted by atomic mass is 19.1. The molecule has 0 radical (unpaired) electrons. The third kappa shape index (κ3) is 3.98. The third-order valence-electron chi connectivity index (χ3n) is 6.77. The molecule has 34 heavy (non-hydrogen) atoms. The van der Waals surface area contributed by atoms with E-state index in [1.807, 2.05) is 18.0 Å². The molecule has 2 aliphatic rings. The number of fused-ring (bicyclic) bond motifs is 2. The van der Waals surface area contributed by atoms with E-state index < -0.39 is 6.17 Å². The Kier molecular flexibility index (Phi) is 5.91. The highest BCUT2D eigenvalue weighted by Gasteiger charge is 2.43. The van der Waals surface area contributed by atoms with Gasteiger partial charge in [0.2, 0.25) is 0 Å². The van der Waals surface area contributed by atoms with Crippen LogP contribution in [0.15, 0.2) is 36.7 Å². The third-order valence-corrected chi connectivity index (χ3v) is 6.77. The SMILES string of the molecule is COc1cc(-c2ccc(-c3ncc(N(C)[C@@H]4C[C@@H]5CC[C@H](N5)[C@@H]4F)nn3)c(O)c2)cnc1OC. The molecule has 0 aliphatic carbocycles. The molecule has 2 saturated heterocycles. The summed E-state index contributed by atoms with van der Waals surface area (Å²) in [5.74, 6) is 1.67. The number of nitrogens with one attached hydrogen (secondary N) is 1. The van der Waals surface area contributed by atoms with Crippen LogP contribution in [0.3, 0.4) is 0 Å². The van der Waals surface area contributed by atoms with Gasteiger partial charge in [-0.3, -0.25) is 0 Å². The molecule has 2 bridgehead atoms. The van der Waals surface area contributed by atoms with Crippen LogP contribution in [0.25, 0.3) is 22.5 Å². The summed E-state index contributed by atoms with van der Waals surface area (Å²) < 4.78 is 25.4. The van der Waals surface area contributed by atoms with Crippen molar-refractivity contribution in [3.8, 4) is 39.9 Å². The first-order chi connectivity index (χ1) is 16.5. The Bertz CT molecular complexity index is 1180. The Balaban J connectivity index is 1.35. The zero-order valence-electron chi connectivity index (χ0n) is 19.3. The fourth-order valence-corrected chi connectivity index (χ4v) is 4.86. The van der Waals surface area contributed by atoms with Crippen molar-refractivity contribution in [2.45, 2.75) is 43.6 Å². The molecule has 2 aliphatic heterocycles. The van der Waals surface area contributed by atoms with E-state index in [0.29, 0.717) is 29.1 Å². The van der Waals surface area contributed by atoms with Gasteiger partial charge in [-0.05, 0) is 43.0 Å². The molecule has 4 atom stereocenters. The Morgan fingerprint density at radius 3 is 2.62 bits per heavy atom. The molecule has 178 valence electrons.